The smallest absolute Gasteiger partial charge is 0.337 e. The summed E-state index contributed by atoms with van der Waals surface area (Å²) < 4.78 is 6.20. The molecule has 0 aliphatic rings. The quantitative estimate of drug-likeness (QED) is 0.880. The van der Waals surface area contributed by atoms with E-state index < -0.39 is 5.97 Å². The zero-order chi connectivity index (χ0) is 14.7. The Hall–Kier alpha value is -2.34. The summed E-state index contributed by atoms with van der Waals surface area (Å²) in [6, 6.07) is 4.50. The van der Waals surface area contributed by atoms with Crippen LogP contribution in [0.4, 0.5) is 5.69 Å². The highest BCUT2D eigenvalue weighted by Gasteiger charge is 2.14. The molecule has 0 saturated heterocycles. The van der Waals surface area contributed by atoms with E-state index >= 15 is 0 Å². The van der Waals surface area contributed by atoms with Gasteiger partial charge in [0.2, 0.25) is 0 Å². The molecule has 20 heavy (non-hydrogen) atoms. The summed E-state index contributed by atoms with van der Waals surface area (Å²) in [6.07, 6.45) is 2.95. The predicted octanol–water partition coefficient (Wildman–Crippen LogP) is 2.11. The maximum Gasteiger partial charge on any atom is 0.337 e. The molecular formula is C13H12ClN3O3. The highest BCUT2D eigenvalue weighted by atomic mass is 35.5. The highest BCUT2D eigenvalue weighted by molar-refractivity contribution is 6.34. The summed E-state index contributed by atoms with van der Waals surface area (Å²) in [5.41, 5.74) is 1.02. The van der Waals surface area contributed by atoms with Crippen LogP contribution in [0.15, 0.2) is 30.7 Å². The van der Waals surface area contributed by atoms with Crippen molar-refractivity contribution in [3.8, 4) is 0 Å². The number of aryl methyl sites for hydroxylation is 1. The van der Waals surface area contributed by atoms with Gasteiger partial charge >= 0.3 is 5.97 Å². The van der Waals surface area contributed by atoms with Crippen LogP contribution in [-0.4, -0.2) is 28.5 Å². The molecule has 1 N–H and O–H groups in total. The van der Waals surface area contributed by atoms with Crippen LogP contribution in [0.5, 0.6) is 0 Å². The SMILES string of the molecule is COC(=O)c1ccc(Cl)c(NC(=O)c2cncn2C)c1. The number of imidazole rings is 1. The van der Waals surface area contributed by atoms with E-state index in [0.717, 1.165) is 0 Å². The topological polar surface area (TPSA) is 73.2 Å². The molecule has 0 aliphatic heterocycles. The molecule has 0 unspecified atom stereocenters. The van der Waals surface area contributed by atoms with Crippen LogP contribution in [-0.2, 0) is 11.8 Å². The minimum absolute atomic E-state index is 0.303. The van der Waals surface area contributed by atoms with Gasteiger partial charge in [-0.15, -0.1) is 0 Å². The van der Waals surface area contributed by atoms with Crippen LogP contribution in [0.25, 0.3) is 0 Å². The fraction of sp³-hybridized carbons (Fsp3) is 0.154. The van der Waals surface area contributed by atoms with Crippen LogP contribution in [0.2, 0.25) is 5.02 Å². The van der Waals surface area contributed by atoms with E-state index in [1.165, 1.54) is 37.8 Å². The van der Waals surface area contributed by atoms with Crippen LogP contribution in [0.3, 0.4) is 0 Å². The number of hydrogen-bond donors (Lipinski definition) is 1. The van der Waals surface area contributed by atoms with Crippen molar-refractivity contribution in [1.29, 1.82) is 0 Å². The van der Waals surface area contributed by atoms with Crippen molar-refractivity contribution in [3.05, 3.63) is 47.0 Å². The number of anilines is 1. The Balaban J connectivity index is 2.27. The molecule has 0 bridgehead atoms. The van der Waals surface area contributed by atoms with Crippen molar-refractivity contribution in [3.63, 3.8) is 0 Å². The zero-order valence-corrected chi connectivity index (χ0v) is 11.6. The molecule has 2 rings (SSSR count). The molecule has 1 aromatic heterocycles. The average Bonchev–Trinajstić information content (AvgIpc) is 2.86. The molecule has 1 aromatic carbocycles. The van der Waals surface area contributed by atoms with Crippen molar-refractivity contribution in [1.82, 2.24) is 9.55 Å². The van der Waals surface area contributed by atoms with Gasteiger partial charge in [0.1, 0.15) is 5.69 Å². The number of methoxy groups -OCH3 is 1. The second-order valence-corrected chi connectivity index (χ2v) is 4.44. The first-order valence-corrected chi connectivity index (χ1v) is 6.06. The summed E-state index contributed by atoms with van der Waals surface area (Å²) in [5, 5.41) is 2.96. The third-order valence-electron chi connectivity index (χ3n) is 2.68. The summed E-state index contributed by atoms with van der Waals surface area (Å²) >= 11 is 6.00. The molecule has 104 valence electrons. The fourth-order valence-corrected chi connectivity index (χ4v) is 1.79. The molecule has 0 fully saturated rings. The summed E-state index contributed by atoms with van der Waals surface area (Å²) in [7, 11) is 2.99. The number of amides is 1. The van der Waals surface area contributed by atoms with Gasteiger partial charge in [0.15, 0.2) is 0 Å². The number of hydrogen-bond acceptors (Lipinski definition) is 4. The van der Waals surface area contributed by atoms with Gasteiger partial charge < -0.3 is 14.6 Å². The molecule has 0 saturated carbocycles. The largest absolute Gasteiger partial charge is 0.465 e. The lowest BCUT2D eigenvalue weighted by Crippen LogP contribution is -2.16. The second kappa shape index (κ2) is 5.75. The van der Waals surface area contributed by atoms with Crippen LogP contribution in [0.1, 0.15) is 20.8 Å². The van der Waals surface area contributed by atoms with Crippen molar-refractivity contribution in [2.75, 3.05) is 12.4 Å². The van der Waals surface area contributed by atoms with Gasteiger partial charge in [-0.05, 0) is 18.2 Å². The Bertz CT molecular complexity index is 667. The molecule has 2 aromatic rings. The highest BCUT2D eigenvalue weighted by Crippen LogP contribution is 2.24. The Kier molecular flexibility index (Phi) is 4.05. The van der Waals surface area contributed by atoms with E-state index in [4.69, 9.17) is 11.6 Å². The van der Waals surface area contributed by atoms with Gasteiger partial charge in [-0.3, -0.25) is 4.79 Å². The fourth-order valence-electron chi connectivity index (χ4n) is 1.63. The lowest BCUT2D eigenvalue weighted by molar-refractivity contribution is 0.0600. The molecule has 6 nitrogen and oxygen atoms in total. The normalized spacial score (nSPS) is 10.2. The molecule has 0 radical (unpaired) electrons. The number of benzene rings is 1. The summed E-state index contributed by atoms with van der Waals surface area (Å²) in [5.74, 6) is -0.869. The zero-order valence-electron chi connectivity index (χ0n) is 10.9. The third kappa shape index (κ3) is 2.80. The Morgan fingerprint density at radius 3 is 2.75 bits per heavy atom. The number of esters is 1. The Labute approximate surface area is 120 Å². The molecule has 1 heterocycles. The standard InChI is InChI=1S/C13H12ClN3O3/c1-17-7-15-6-11(17)12(18)16-10-5-8(13(19)20-2)3-4-9(10)14/h3-7H,1-2H3,(H,16,18). The molecule has 0 aliphatic carbocycles. The number of nitrogens with one attached hydrogen (secondary N) is 1. The molecular weight excluding hydrogens is 282 g/mol. The van der Waals surface area contributed by atoms with Gasteiger partial charge in [-0.1, -0.05) is 11.6 Å². The number of ether oxygens (including phenoxy) is 1. The van der Waals surface area contributed by atoms with Gasteiger partial charge in [0, 0.05) is 7.05 Å². The third-order valence-corrected chi connectivity index (χ3v) is 3.01. The minimum Gasteiger partial charge on any atom is -0.465 e. The minimum atomic E-state index is -0.502. The lowest BCUT2D eigenvalue weighted by atomic mass is 10.2. The van der Waals surface area contributed by atoms with Crippen LogP contribution < -0.4 is 5.32 Å². The van der Waals surface area contributed by atoms with Crippen molar-refractivity contribution in [2.24, 2.45) is 7.05 Å². The monoisotopic (exact) mass is 293 g/mol. The first-order chi connectivity index (χ1) is 9.52. The van der Waals surface area contributed by atoms with Gasteiger partial charge in [0.25, 0.3) is 5.91 Å². The first-order valence-electron chi connectivity index (χ1n) is 5.68. The average molecular weight is 294 g/mol. The van der Waals surface area contributed by atoms with E-state index in [1.54, 1.807) is 11.6 Å². The first kappa shape index (κ1) is 14.1. The van der Waals surface area contributed by atoms with Crippen LogP contribution >= 0.6 is 11.6 Å². The predicted molar refractivity (Wildman–Crippen MR) is 74.0 cm³/mol. The molecule has 1 amide bonds. The number of nitrogens with zero attached hydrogens (tertiary/aromatic N) is 2. The molecule has 0 atom stereocenters. The van der Waals surface area contributed by atoms with Crippen molar-refractivity contribution in [2.45, 2.75) is 0 Å². The van der Waals surface area contributed by atoms with E-state index in [9.17, 15) is 9.59 Å². The number of aromatic nitrogens is 2. The summed E-state index contributed by atoms with van der Waals surface area (Å²) in [6.45, 7) is 0. The number of carbonyl (C=O) groups excluding carboxylic acids is 2. The molecule has 0 spiro atoms. The lowest BCUT2D eigenvalue weighted by Gasteiger charge is -2.09. The Morgan fingerprint density at radius 1 is 1.40 bits per heavy atom. The second-order valence-electron chi connectivity index (χ2n) is 4.03. The van der Waals surface area contributed by atoms with E-state index in [1.807, 2.05) is 0 Å². The number of rotatable bonds is 3. The summed E-state index contributed by atoms with van der Waals surface area (Å²) in [4.78, 5) is 27.4. The van der Waals surface area contributed by atoms with Gasteiger partial charge in [-0.25, -0.2) is 9.78 Å². The maximum absolute atomic E-state index is 12.1. The van der Waals surface area contributed by atoms with Gasteiger partial charge in [0.05, 0.1) is 35.9 Å². The maximum atomic E-state index is 12.1. The van der Waals surface area contributed by atoms with Crippen molar-refractivity contribution >= 4 is 29.2 Å². The number of carbonyl (C=O) groups is 2. The van der Waals surface area contributed by atoms with Gasteiger partial charge in [-0.2, -0.15) is 0 Å². The molecule has 7 heteroatoms. The van der Waals surface area contributed by atoms with Crippen LogP contribution in [0, 0.1) is 0 Å². The van der Waals surface area contributed by atoms with E-state index in [0.29, 0.717) is 22.0 Å². The van der Waals surface area contributed by atoms with Crippen molar-refractivity contribution < 1.29 is 14.3 Å². The Morgan fingerprint density at radius 2 is 2.15 bits per heavy atom. The van der Waals surface area contributed by atoms with E-state index in [2.05, 4.69) is 15.0 Å². The van der Waals surface area contributed by atoms with E-state index in [-0.39, 0.29) is 5.91 Å². The number of halogens is 1.